The van der Waals surface area contributed by atoms with Crippen molar-refractivity contribution in [2.45, 2.75) is 13.3 Å². The first-order valence-corrected chi connectivity index (χ1v) is 11.6. The summed E-state index contributed by atoms with van der Waals surface area (Å²) in [7, 11) is 0. The number of aromatic nitrogens is 4. The highest BCUT2D eigenvalue weighted by molar-refractivity contribution is 9.11. The molecule has 1 amide bonds. The molecule has 0 spiro atoms. The third-order valence-corrected chi connectivity index (χ3v) is 6.16. The second kappa shape index (κ2) is 10.1. The second-order valence-corrected chi connectivity index (χ2v) is 9.21. The van der Waals surface area contributed by atoms with Gasteiger partial charge < -0.3 is 10.1 Å². The van der Waals surface area contributed by atoms with E-state index in [0.717, 1.165) is 10.0 Å². The number of halogens is 4. The fourth-order valence-corrected chi connectivity index (χ4v) is 4.23. The number of rotatable bonds is 7. The minimum atomic E-state index is -0.389. The van der Waals surface area contributed by atoms with Crippen molar-refractivity contribution in [3.8, 4) is 5.75 Å². The lowest BCUT2D eigenvalue weighted by molar-refractivity contribution is 0.101. The van der Waals surface area contributed by atoms with Crippen LogP contribution in [0.25, 0.3) is 0 Å². The molecule has 11 heteroatoms. The van der Waals surface area contributed by atoms with Crippen molar-refractivity contribution < 1.29 is 9.53 Å². The summed E-state index contributed by atoms with van der Waals surface area (Å²) in [5.41, 5.74) is 1.16. The van der Waals surface area contributed by atoms with E-state index in [1.165, 1.54) is 4.68 Å². The number of hydrogen-bond acceptors (Lipinski definition) is 4. The standard InChI is InChI=1S/C21H15Br2Cl2N5O2/c22-15-9-14(24)5-6-19(15)32-12-29-8-7-18(27-29)21(31)26-20-16(23)11-30(28-20)10-13-3-1-2-4-17(13)25/h1-9,11H,10,12H2,(H,26,28,31). The molecule has 1 N–H and O–H groups in total. The first-order chi connectivity index (χ1) is 15.4. The smallest absolute Gasteiger partial charge is 0.277 e. The summed E-state index contributed by atoms with van der Waals surface area (Å²) in [6, 6.07) is 14.3. The Labute approximate surface area is 210 Å². The SMILES string of the molecule is O=C(Nc1nn(Cc2ccccc2Cl)cc1Br)c1ccn(COc2ccc(Cl)cc2Br)n1. The van der Waals surface area contributed by atoms with Crippen LogP contribution in [0.15, 0.2) is 69.9 Å². The average molecular weight is 600 g/mol. The first kappa shape index (κ1) is 22.8. The van der Waals surface area contributed by atoms with Gasteiger partial charge in [0, 0.05) is 22.4 Å². The van der Waals surface area contributed by atoms with Crippen LogP contribution in [0.1, 0.15) is 16.1 Å². The predicted molar refractivity (Wildman–Crippen MR) is 130 cm³/mol. The number of anilines is 1. The average Bonchev–Trinajstić information content (AvgIpc) is 3.36. The van der Waals surface area contributed by atoms with Gasteiger partial charge in [-0.3, -0.25) is 9.48 Å². The van der Waals surface area contributed by atoms with Crippen LogP contribution < -0.4 is 10.1 Å². The number of nitrogens with zero attached hydrogens (tertiary/aromatic N) is 4. The summed E-state index contributed by atoms with van der Waals surface area (Å²) in [6.45, 7) is 0.601. The summed E-state index contributed by atoms with van der Waals surface area (Å²) >= 11 is 19.0. The summed E-state index contributed by atoms with van der Waals surface area (Å²) < 4.78 is 10.3. The van der Waals surface area contributed by atoms with Gasteiger partial charge >= 0.3 is 0 Å². The Morgan fingerprint density at radius 1 is 1.03 bits per heavy atom. The molecule has 0 fully saturated rings. The molecule has 7 nitrogen and oxygen atoms in total. The molecule has 0 aliphatic heterocycles. The largest absolute Gasteiger partial charge is 0.470 e. The molecule has 4 rings (SSSR count). The molecular formula is C21H15Br2Cl2N5O2. The van der Waals surface area contributed by atoms with E-state index >= 15 is 0 Å². The van der Waals surface area contributed by atoms with Crippen LogP contribution in [-0.2, 0) is 13.3 Å². The highest BCUT2D eigenvalue weighted by Crippen LogP contribution is 2.28. The Bertz CT molecular complexity index is 1270. The summed E-state index contributed by atoms with van der Waals surface area (Å²) in [5, 5.41) is 12.7. The molecule has 0 aliphatic rings. The van der Waals surface area contributed by atoms with Crippen molar-refractivity contribution in [1.82, 2.24) is 19.6 Å². The topological polar surface area (TPSA) is 74.0 Å². The zero-order valence-corrected chi connectivity index (χ0v) is 21.0. The lowest BCUT2D eigenvalue weighted by Crippen LogP contribution is -2.15. The van der Waals surface area contributed by atoms with Gasteiger partial charge in [0.05, 0.1) is 15.5 Å². The van der Waals surface area contributed by atoms with Gasteiger partial charge in [0.25, 0.3) is 5.91 Å². The Kier molecular flexibility index (Phi) is 7.20. The molecule has 2 aromatic carbocycles. The number of carbonyl (C=O) groups excluding carboxylic acids is 1. The molecule has 0 bridgehead atoms. The molecule has 0 radical (unpaired) electrons. The number of ether oxygens (including phenoxy) is 1. The quantitative estimate of drug-likeness (QED) is 0.273. The maximum absolute atomic E-state index is 12.6. The molecule has 0 aliphatic carbocycles. The molecule has 0 unspecified atom stereocenters. The van der Waals surface area contributed by atoms with E-state index in [1.54, 1.807) is 41.3 Å². The number of amides is 1. The van der Waals surface area contributed by atoms with E-state index in [9.17, 15) is 4.79 Å². The molecule has 4 aromatic rings. The fraction of sp³-hybridized carbons (Fsp3) is 0.0952. The monoisotopic (exact) mass is 597 g/mol. The lowest BCUT2D eigenvalue weighted by atomic mass is 10.2. The van der Waals surface area contributed by atoms with Crippen molar-refractivity contribution in [3.05, 3.63) is 91.2 Å². The van der Waals surface area contributed by atoms with E-state index in [4.69, 9.17) is 27.9 Å². The molecule has 2 heterocycles. The summed E-state index contributed by atoms with van der Waals surface area (Å²) in [6.07, 6.45) is 3.43. The zero-order valence-electron chi connectivity index (χ0n) is 16.3. The number of hydrogen-bond donors (Lipinski definition) is 1. The number of benzene rings is 2. The third-order valence-electron chi connectivity index (χ3n) is 4.36. The van der Waals surface area contributed by atoms with E-state index in [1.807, 2.05) is 24.3 Å². The molecule has 0 atom stereocenters. The zero-order chi connectivity index (χ0) is 22.7. The van der Waals surface area contributed by atoms with Crippen LogP contribution in [0.2, 0.25) is 10.0 Å². The highest BCUT2D eigenvalue weighted by Gasteiger charge is 2.15. The highest BCUT2D eigenvalue weighted by atomic mass is 79.9. The van der Waals surface area contributed by atoms with Crippen molar-refractivity contribution in [2.75, 3.05) is 5.32 Å². The van der Waals surface area contributed by atoms with Gasteiger partial charge in [0.15, 0.2) is 18.2 Å². The van der Waals surface area contributed by atoms with Crippen LogP contribution in [0.4, 0.5) is 5.82 Å². The van der Waals surface area contributed by atoms with E-state index < -0.39 is 0 Å². The van der Waals surface area contributed by atoms with Crippen molar-refractivity contribution in [2.24, 2.45) is 0 Å². The molecule has 2 aromatic heterocycles. The van der Waals surface area contributed by atoms with Crippen LogP contribution in [0.3, 0.4) is 0 Å². The van der Waals surface area contributed by atoms with Crippen molar-refractivity contribution in [1.29, 1.82) is 0 Å². The second-order valence-electron chi connectivity index (χ2n) is 6.66. The maximum atomic E-state index is 12.6. The van der Waals surface area contributed by atoms with Crippen molar-refractivity contribution >= 4 is 66.8 Å². The van der Waals surface area contributed by atoms with Crippen molar-refractivity contribution in [3.63, 3.8) is 0 Å². The molecule has 0 saturated heterocycles. The molecule has 164 valence electrons. The van der Waals surface area contributed by atoms with E-state index in [0.29, 0.717) is 32.6 Å². The molecule has 0 saturated carbocycles. The van der Waals surface area contributed by atoms with E-state index in [-0.39, 0.29) is 18.3 Å². The third kappa shape index (κ3) is 5.53. The Balaban J connectivity index is 1.39. The maximum Gasteiger partial charge on any atom is 0.277 e. The minimum absolute atomic E-state index is 0.129. The number of carbonyl (C=O) groups is 1. The van der Waals surface area contributed by atoms with Crippen LogP contribution in [-0.4, -0.2) is 25.5 Å². The van der Waals surface area contributed by atoms with Gasteiger partial charge in [0.2, 0.25) is 0 Å². The minimum Gasteiger partial charge on any atom is -0.470 e. The van der Waals surface area contributed by atoms with Gasteiger partial charge in [-0.2, -0.15) is 10.2 Å². The van der Waals surface area contributed by atoms with Gasteiger partial charge in [-0.1, -0.05) is 41.4 Å². The van der Waals surface area contributed by atoms with Gasteiger partial charge in [-0.15, -0.1) is 0 Å². The Hall–Kier alpha value is -2.33. The predicted octanol–water partition coefficient (Wildman–Crippen LogP) is 6.25. The van der Waals surface area contributed by atoms with E-state index in [2.05, 4.69) is 47.4 Å². The molecular weight excluding hydrogens is 585 g/mol. The fourth-order valence-electron chi connectivity index (χ4n) is 2.82. The van der Waals surface area contributed by atoms with Gasteiger partial charge in [-0.05, 0) is 67.8 Å². The normalized spacial score (nSPS) is 10.9. The van der Waals surface area contributed by atoms with Crippen LogP contribution >= 0.6 is 55.1 Å². The van der Waals surface area contributed by atoms with Crippen LogP contribution in [0.5, 0.6) is 5.75 Å². The van der Waals surface area contributed by atoms with Gasteiger partial charge in [0.1, 0.15) is 5.75 Å². The Morgan fingerprint density at radius 3 is 2.62 bits per heavy atom. The Morgan fingerprint density at radius 2 is 1.84 bits per heavy atom. The van der Waals surface area contributed by atoms with Crippen LogP contribution in [0, 0.1) is 0 Å². The lowest BCUT2D eigenvalue weighted by Gasteiger charge is -2.08. The molecule has 32 heavy (non-hydrogen) atoms. The summed E-state index contributed by atoms with van der Waals surface area (Å²) in [5.74, 6) is 0.613. The number of nitrogens with one attached hydrogen (secondary N) is 1. The van der Waals surface area contributed by atoms with Gasteiger partial charge in [-0.25, -0.2) is 4.68 Å². The summed E-state index contributed by atoms with van der Waals surface area (Å²) in [4.78, 5) is 12.6. The first-order valence-electron chi connectivity index (χ1n) is 9.28.